The van der Waals surface area contributed by atoms with Crippen LogP contribution in [0.3, 0.4) is 0 Å². The maximum atomic E-state index is 12.1. The van der Waals surface area contributed by atoms with Gasteiger partial charge in [-0.25, -0.2) is 4.79 Å². The summed E-state index contributed by atoms with van der Waals surface area (Å²) in [7, 11) is 1.43. The second-order valence-corrected chi connectivity index (χ2v) is 7.72. The van der Waals surface area contributed by atoms with Crippen LogP contribution in [0.4, 0.5) is 5.00 Å². The van der Waals surface area contributed by atoms with Crippen molar-refractivity contribution in [1.29, 1.82) is 0 Å². The van der Waals surface area contributed by atoms with E-state index < -0.39 is 0 Å². The molecule has 1 heterocycles. The Morgan fingerprint density at radius 1 is 1.21 bits per heavy atom. The predicted octanol–water partition coefficient (Wildman–Crippen LogP) is 4.67. The van der Waals surface area contributed by atoms with Crippen LogP contribution in [0.1, 0.15) is 72.7 Å². The molecule has 0 radical (unpaired) electrons. The third-order valence-electron chi connectivity index (χ3n) is 4.35. The first-order chi connectivity index (χ1) is 11.7. The summed E-state index contributed by atoms with van der Waals surface area (Å²) < 4.78 is 4.95. The number of fused-ring (bicyclic) bond motifs is 1. The zero-order valence-electron chi connectivity index (χ0n) is 14.7. The Labute approximate surface area is 154 Å². The van der Waals surface area contributed by atoms with E-state index >= 15 is 0 Å². The number of carbonyl (C=O) groups excluding carboxylic acids is 1. The molecule has 1 aliphatic carbocycles. The van der Waals surface area contributed by atoms with Crippen molar-refractivity contribution >= 4 is 39.6 Å². The molecule has 4 nitrogen and oxygen atoms in total. The van der Waals surface area contributed by atoms with Gasteiger partial charge in [-0.15, -0.1) is 11.3 Å². The lowest BCUT2D eigenvalue weighted by Crippen LogP contribution is -2.29. The molecule has 0 bridgehead atoms. The molecule has 1 aromatic rings. The Balaban J connectivity index is 1.81. The third kappa shape index (κ3) is 5.18. The Bertz CT molecular complexity index is 570. The second kappa shape index (κ2) is 9.99. The fourth-order valence-electron chi connectivity index (χ4n) is 3.06. The molecule has 134 valence electrons. The zero-order valence-corrected chi connectivity index (χ0v) is 16.3. The number of ether oxygens (including phenoxy) is 1. The van der Waals surface area contributed by atoms with E-state index in [9.17, 15) is 4.79 Å². The van der Waals surface area contributed by atoms with Crippen LogP contribution in [0.2, 0.25) is 0 Å². The van der Waals surface area contributed by atoms with Crippen molar-refractivity contribution in [3.8, 4) is 0 Å². The summed E-state index contributed by atoms with van der Waals surface area (Å²) in [5.41, 5.74) is 1.83. The number of unbranched alkanes of at least 4 members (excludes halogenated alkanes) is 5. The molecule has 0 fully saturated rings. The molecule has 1 aliphatic rings. The summed E-state index contributed by atoms with van der Waals surface area (Å²) in [6.45, 7) is 3.10. The molecular weight excluding hydrogens is 340 g/mol. The highest BCUT2D eigenvalue weighted by Gasteiger charge is 2.27. The summed E-state index contributed by atoms with van der Waals surface area (Å²) in [6, 6.07) is 0. The molecule has 1 aromatic heterocycles. The molecule has 24 heavy (non-hydrogen) atoms. The van der Waals surface area contributed by atoms with Crippen molar-refractivity contribution < 1.29 is 9.53 Å². The first kappa shape index (κ1) is 19.2. The first-order valence-electron chi connectivity index (χ1n) is 8.95. The quantitative estimate of drug-likeness (QED) is 0.377. The molecule has 0 aliphatic heterocycles. The van der Waals surface area contributed by atoms with Crippen LogP contribution in [0.5, 0.6) is 0 Å². The minimum atomic E-state index is -0.268. The minimum Gasteiger partial charge on any atom is -0.465 e. The fourth-order valence-corrected chi connectivity index (χ4v) is 4.62. The van der Waals surface area contributed by atoms with Crippen molar-refractivity contribution in [2.45, 2.75) is 64.7 Å². The highest BCUT2D eigenvalue weighted by Crippen LogP contribution is 2.39. The van der Waals surface area contributed by atoms with Gasteiger partial charge in [0, 0.05) is 11.4 Å². The average molecular weight is 369 g/mol. The highest BCUT2D eigenvalue weighted by atomic mass is 32.1. The van der Waals surface area contributed by atoms with Gasteiger partial charge in [0.15, 0.2) is 5.11 Å². The molecule has 0 saturated heterocycles. The van der Waals surface area contributed by atoms with E-state index in [1.54, 1.807) is 11.3 Å². The van der Waals surface area contributed by atoms with Crippen LogP contribution in [-0.2, 0) is 17.6 Å². The Hall–Kier alpha value is -1.14. The molecule has 2 rings (SSSR count). The normalized spacial score (nSPS) is 12.8. The smallest absolute Gasteiger partial charge is 0.341 e. The van der Waals surface area contributed by atoms with Crippen LogP contribution in [-0.4, -0.2) is 24.7 Å². The summed E-state index contributed by atoms with van der Waals surface area (Å²) in [5.74, 6) is -0.268. The lowest BCUT2D eigenvalue weighted by Gasteiger charge is -2.11. The zero-order chi connectivity index (χ0) is 17.4. The molecular formula is C18H28N2O2S2. The van der Waals surface area contributed by atoms with Gasteiger partial charge in [0.1, 0.15) is 5.00 Å². The maximum Gasteiger partial charge on any atom is 0.341 e. The fraction of sp³-hybridized carbons (Fsp3) is 0.667. The minimum absolute atomic E-state index is 0.268. The predicted molar refractivity (Wildman–Crippen MR) is 105 cm³/mol. The van der Waals surface area contributed by atoms with Gasteiger partial charge in [0.2, 0.25) is 0 Å². The van der Waals surface area contributed by atoms with Crippen LogP contribution >= 0.6 is 23.6 Å². The van der Waals surface area contributed by atoms with E-state index in [0.29, 0.717) is 10.7 Å². The van der Waals surface area contributed by atoms with Crippen molar-refractivity contribution in [3.05, 3.63) is 16.0 Å². The van der Waals surface area contributed by atoms with Crippen molar-refractivity contribution in [3.63, 3.8) is 0 Å². The number of thiophene rings is 1. The number of esters is 1. The van der Waals surface area contributed by atoms with Gasteiger partial charge in [0.25, 0.3) is 0 Å². The van der Waals surface area contributed by atoms with Gasteiger partial charge < -0.3 is 15.4 Å². The Morgan fingerprint density at radius 3 is 2.71 bits per heavy atom. The van der Waals surface area contributed by atoms with Crippen LogP contribution in [0, 0.1) is 0 Å². The van der Waals surface area contributed by atoms with Crippen molar-refractivity contribution in [2.24, 2.45) is 0 Å². The standard InChI is InChI=1S/C18H28N2O2S2/c1-3-4-5-6-7-8-12-19-18(23)20-16-15(17(21)22-2)13-10-9-11-14(13)24-16/h3-12H2,1-2H3,(H2,19,20,23). The molecule has 0 unspecified atom stereocenters. The monoisotopic (exact) mass is 368 g/mol. The van der Waals surface area contributed by atoms with E-state index in [-0.39, 0.29) is 5.97 Å². The number of rotatable bonds is 9. The number of thiocarbonyl (C=S) groups is 1. The van der Waals surface area contributed by atoms with Gasteiger partial charge in [0.05, 0.1) is 12.7 Å². The van der Waals surface area contributed by atoms with Gasteiger partial charge >= 0.3 is 5.97 Å². The molecule has 0 spiro atoms. The molecule has 0 amide bonds. The number of nitrogens with one attached hydrogen (secondary N) is 2. The van der Waals surface area contributed by atoms with Crippen molar-refractivity contribution in [2.75, 3.05) is 19.0 Å². The molecule has 2 N–H and O–H groups in total. The van der Waals surface area contributed by atoms with E-state index in [0.717, 1.165) is 42.8 Å². The van der Waals surface area contributed by atoms with Gasteiger partial charge in [-0.05, 0) is 43.5 Å². The number of hydrogen-bond donors (Lipinski definition) is 2. The summed E-state index contributed by atoms with van der Waals surface area (Å²) in [5, 5.41) is 7.87. The van der Waals surface area contributed by atoms with Crippen molar-refractivity contribution in [1.82, 2.24) is 5.32 Å². The van der Waals surface area contributed by atoms with Gasteiger partial charge in [-0.2, -0.15) is 0 Å². The Kier molecular flexibility index (Phi) is 7.99. The number of methoxy groups -OCH3 is 1. The first-order valence-corrected chi connectivity index (χ1v) is 10.2. The van der Waals surface area contributed by atoms with Crippen LogP contribution in [0.25, 0.3) is 0 Å². The summed E-state index contributed by atoms with van der Waals surface area (Å²) >= 11 is 7.01. The SMILES string of the molecule is CCCCCCCCNC(=S)Nc1sc2c(c1C(=O)OC)CCC2. The maximum absolute atomic E-state index is 12.1. The molecule has 0 atom stereocenters. The third-order valence-corrected chi connectivity index (χ3v) is 5.81. The Morgan fingerprint density at radius 2 is 1.96 bits per heavy atom. The van der Waals surface area contributed by atoms with E-state index in [4.69, 9.17) is 17.0 Å². The largest absolute Gasteiger partial charge is 0.465 e. The number of hydrogen-bond acceptors (Lipinski definition) is 4. The molecule has 0 saturated carbocycles. The van der Waals surface area contributed by atoms with Gasteiger partial charge in [-0.1, -0.05) is 39.0 Å². The second-order valence-electron chi connectivity index (χ2n) is 6.20. The summed E-state index contributed by atoms with van der Waals surface area (Å²) in [6.07, 6.45) is 10.7. The summed E-state index contributed by atoms with van der Waals surface area (Å²) in [4.78, 5) is 13.4. The lowest BCUT2D eigenvalue weighted by atomic mass is 10.1. The highest BCUT2D eigenvalue weighted by molar-refractivity contribution is 7.80. The van der Waals surface area contributed by atoms with Gasteiger partial charge in [-0.3, -0.25) is 0 Å². The van der Waals surface area contributed by atoms with Crippen LogP contribution in [0.15, 0.2) is 0 Å². The average Bonchev–Trinajstić information content (AvgIpc) is 3.14. The van der Waals surface area contributed by atoms with Crippen LogP contribution < -0.4 is 10.6 Å². The number of anilines is 1. The molecule has 0 aromatic carbocycles. The molecule has 6 heteroatoms. The topological polar surface area (TPSA) is 50.4 Å². The van der Waals surface area contributed by atoms with E-state index in [1.165, 1.54) is 44.1 Å². The van der Waals surface area contributed by atoms with E-state index in [1.807, 2.05) is 0 Å². The van der Waals surface area contributed by atoms with E-state index in [2.05, 4.69) is 17.6 Å². The lowest BCUT2D eigenvalue weighted by molar-refractivity contribution is 0.0601. The number of carbonyl (C=O) groups is 1. The number of aryl methyl sites for hydroxylation is 1.